The Kier molecular flexibility index (Phi) is 30.6. The van der Waals surface area contributed by atoms with Crippen molar-refractivity contribution >= 4 is 27.4 Å². The predicted molar refractivity (Wildman–Crippen MR) is 250 cm³/mol. The molecule has 2 aliphatic heterocycles. The van der Waals surface area contributed by atoms with Crippen LogP contribution < -0.4 is 0 Å². The number of guanidine groups is 2. The highest BCUT2D eigenvalue weighted by Gasteiger charge is 2.34. The van der Waals surface area contributed by atoms with Crippen LogP contribution in [0.4, 0.5) is 0 Å². The molecular formula is C45H92N6O6P2. The van der Waals surface area contributed by atoms with Crippen molar-refractivity contribution in [3.63, 3.8) is 0 Å². The summed E-state index contributed by atoms with van der Waals surface area (Å²) in [5.41, 5.74) is 0. The quantitative estimate of drug-likeness (QED) is 0.0437. The van der Waals surface area contributed by atoms with Crippen LogP contribution >= 0.6 is 15.5 Å². The third kappa shape index (κ3) is 24.9. The van der Waals surface area contributed by atoms with E-state index in [0.717, 1.165) is 77.8 Å². The minimum Gasteiger partial charge on any atom is -0.344 e. The molecule has 12 nitrogen and oxygen atoms in total. The molecule has 2 unspecified atom stereocenters. The zero-order valence-corrected chi connectivity index (χ0v) is 41.1. The lowest BCUT2D eigenvalue weighted by molar-refractivity contribution is 0.153. The molecule has 0 aliphatic carbocycles. The molecule has 0 aromatic carbocycles. The van der Waals surface area contributed by atoms with E-state index in [1.54, 1.807) is 0 Å². The fourth-order valence-electron chi connectivity index (χ4n) is 7.67. The number of unbranched alkanes of at least 4 members (excludes halogenated alkanes) is 22. The number of nitrogens with zero attached hydrogens (tertiary/aromatic N) is 6. The third-order valence-electron chi connectivity index (χ3n) is 11.3. The summed E-state index contributed by atoms with van der Waals surface area (Å²) in [4.78, 5) is 8.53. The summed E-state index contributed by atoms with van der Waals surface area (Å²) in [6, 6.07) is 0. The Morgan fingerprint density at radius 1 is 0.458 bits per heavy atom. The minimum atomic E-state index is -3.84. The van der Waals surface area contributed by atoms with Crippen LogP contribution in [0.3, 0.4) is 0 Å². The molecular weight excluding hydrogens is 782 g/mol. The molecule has 0 saturated carbocycles. The van der Waals surface area contributed by atoms with Crippen LogP contribution in [-0.4, -0.2) is 111 Å². The third-order valence-corrected chi connectivity index (χ3v) is 14.4. The predicted octanol–water partition coefficient (Wildman–Crippen LogP) is 13.1. The van der Waals surface area contributed by atoms with Crippen LogP contribution in [0.2, 0.25) is 0 Å². The smallest absolute Gasteiger partial charge is 0.344 e. The van der Waals surface area contributed by atoms with Crippen LogP contribution in [0.5, 0.6) is 0 Å². The second-order valence-corrected chi connectivity index (χ2v) is 20.6. The van der Waals surface area contributed by atoms with E-state index in [0.29, 0.717) is 24.9 Å². The molecule has 0 radical (unpaired) electrons. The van der Waals surface area contributed by atoms with Gasteiger partial charge in [0.15, 0.2) is 0 Å². The second kappa shape index (κ2) is 33.4. The van der Waals surface area contributed by atoms with Gasteiger partial charge in [-0.25, -0.2) is 9.13 Å². The monoisotopic (exact) mass is 875 g/mol. The van der Waals surface area contributed by atoms with Gasteiger partial charge in [-0.15, -0.1) is 9.53 Å². The van der Waals surface area contributed by atoms with Crippen molar-refractivity contribution in [3.05, 3.63) is 0 Å². The lowest BCUT2D eigenvalue weighted by Gasteiger charge is -2.24. The Bertz CT molecular complexity index is 1210. The summed E-state index contributed by atoms with van der Waals surface area (Å²) in [5, 5.41) is 0. The number of likely N-dealkylation sites (N-methyl/N-ethyl adjacent to an activating group) is 2. The van der Waals surface area contributed by atoms with Gasteiger partial charge in [-0.3, -0.25) is 18.1 Å². The Hall–Kier alpha value is -1.16. The second-order valence-electron chi connectivity index (χ2n) is 17.3. The van der Waals surface area contributed by atoms with Gasteiger partial charge in [-0.05, 0) is 39.5 Å². The van der Waals surface area contributed by atoms with Crippen LogP contribution in [0.15, 0.2) is 9.53 Å². The first-order valence-corrected chi connectivity index (χ1v) is 27.5. The summed E-state index contributed by atoms with van der Waals surface area (Å²) in [5.74, 6) is 1.34. The average molecular weight is 875 g/mol. The van der Waals surface area contributed by atoms with E-state index in [2.05, 4.69) is 40.2 Å². The zero-order valence-electron chi connectivity index (χ0n) is 39.4. The van der Waals surface area contributed by atoms with Crippen LogP contribution in [-0.2, 0) is 27.2 Å². The van der Waals surface area contributed by atoms with Gasteiger partial charge in [-0.1, -0.05) is 162 Å². The maximum atomic E-state index is 14.3. The maximum absolute atomic E-state index is 14.3. The fourth-order valence-corrected chi connectivity index (χ4v) is 10.6. The molecule has 2 heterocycles. The van der Waals surface area contributed by atoms with Gasteiger partial charge in [0, 0.05) is 53.4 Å². The molecule has 0 N–H and O–H groups in total. The SMILES string of the molecule is CCCCCCCCCCCCN1CCN(C)C1=NP(=O)(OCCCCCCC)OCCCOP(=O)(N=C1N(C)CCN1CCCCCCCCCCCC)OC(C)C. The summed E-state index contributed by atoms with van der Waals surface area (Å²) < 4.78 is 61.6. The Labute approximate surface area is 363 Å². The van der Waals surface area contributed by atoms with E-state index in [4.69, 9.17) is 22.9 Å². The average Bonchev–Trinajstić information content (AvgIpc) is 3.72. The van der Waals surface area contributed by atoms with E-state index >= 15 is 0 Å². The fraction of sp³-hybridized carbons (Fsp3) is 0.956. The highest BCUT2D eigenvalue weighted by molar-refractivity contribution is 7.53. The minimum absolute atomic E-state index is 0.0707. The highest BCUT2D eigenvalue weighted by Crippen LogP contribution is 2.53. The summed E-state index contributed by atoms with van der Waals surface area (Å²) >= 11 is 0. The first kappa shape index (κ1) is 54.0. The first-order valence-electron chi connectivity index (χ1n) is 24.5. The van der Waals surface area contributed by atoms with E-state index in [-0.39, 0.29) is 19.3 Å². The topological polar surface area (TPSA) is 109 Å². The number of hydrogen-bond donors (Lipinski definition) is 0. The number of hydrogen-bond acceptors (Lipinski definition) is 6. The van der Waals surface area contributed by atoms with Gasteiger partial charge in [-0.2, -0.15) is 0 Å². The standard InChI is InChI=1S/C45H92N6O6P2/c1-8-11-14-17-19-21-23-25-27-30-34-50-38-36-48(6)44(50)46-58(52,54-40-32-29-16-13-10-3)55-41-33-42-56-59(53,57-43(4)5)47-45-49(7)37-39-51(45)35-31-28-26-24-22-20-18-15-12-9-2/h43H,8-42H2,1-7H3. The Morgan fingerprint density at radius 3 is 1.17 bits per heavy atom. The molecule has 2 atom stereocenters. The van der Waals surface area contributed by atoms with Crippen molar-refractivity contribution in [1.82, 2.24) is 19.6 Å². The van der Waals surface area contributed by atoms with Crippen LogP contribution in [0.1, 0.15) is 202 Å². The molecule has 348 valence electrons. The van der Waals surface area contributed by atoms with Crippen LogP contribution in [0, 0.1) is 0 Å². The van der Waals surface area contributed by atoms with Crippen molar-refractivity contribution in [2.75, 3.05) is 73.2 Å². The van der Waals surface area contributed by atoms with Gasteiger partial charge in [0.2, 0.25) is 11.9 Å². The summed E-state index contributed by atoms with van der Waals surface area (Å²) in [6.45, 7) is 16.0. The number of rotatable bonds is 39. The van der Waals surface area contributed by atoms with Gasteiger partial charge < -0.3 is 19.6 Å². The molecule has 0 aromatic rings. The lowest BCUT2D eigenvalue weighted by Crippen LogP contribution is -2.32. The lowest BCUT2D eigenvalue weighted by atomic mass is 10.1. The molecule has 0 aromatic heterocycles. The molecule has 2 fully saturated rings. The van der Waals surface area contributed by atoms with E-state index < -0.39 is 15.5 Å². The largest absolute Gasteiger partial charge is 0.457 e. The molecule has 2 saturated heterocycles. The molecule has 14 heteroatoms. The van der Waals surface area contributed by atoms with Crippen molar-refractivity contribution in [2.24, 2.45) is 9.53 Å². The maximum Gasteiger partial charge on any atom is 0.457 e. The normalized spacial score (nSPS) is 18.3. The zero-order chi connectivity index (χ0) is 43.0. The molecule has 0 spiro atoms. The van der Waals surface area contributed by atoms with Crippen molar-refractivity contribution in [1.29, 1.82) is 0 Å². The first-order chi connectivity index (χ1) is 28.6. The van der Waals surface area contributed by atoms with E-state index in [1.165, 1.54) is 122 Å². The van der Waals surface area contributed by atoms with Crippen LogP contribution in [0.25, 0.3) is 0 Å². The Balaban J connectivity index is 1.95. The Morgan fingerprint density at radius 2 is 0.780 bits per heavy atom. The van der Waals surface area contributed by atoms with E-state index in [1.807, 2.05) is 32.8 Å². The van der Waals surface area contributed by atoms with Gasteiger partial charge in [0.1, 0.15) is 0 Å². The molecule has 59 heavy (non-hydrogen) atoms. The van der Waals surface area contributed by atoms with Crippen molar-refractivity contribution in [3.8, 4) is 0 Å². The summed E-state index contributed by atoms with van der Waals surface area (Å²) in [7, 11) is -3.69. The molecule has 0 bridgehead atoms. The van der Waals surface area contributed by atoms with Gasteiger partial charge >= 0.3 is 15.5 Å². The van der Waals surface area contributed by atoms with Gasteiger partial charge in [0.25, 0.3) is 0 Å². The highest BCUT2D eigenvalue weighted by atomic mass is 31.2. The molecule has 2 rings (SSSR count). The van der Waals surface area contributed by atoms with Crippen molar-refractivity contribution in [2.45, 2.75) is 208 Å². The summed E-state index contributed by atoms with van der Waals surface area (Å²) in [6.07, 6.45) is 31.0. The molecule has 2 aliphatic rings. The van der Waals surface area contributed by atoms with Crippen molar-refractivity contribution < 1.29 is 27.2 Å². The molecule has 0 amide bonds. The van der Waals surface area contributed by atoms with Gasteiger partial charge in [0.05, 0.1) is 25.9 Å². The van der Waals surface area contributed by atoms with E-state index in [9.17, 15) is 9.13 Å².